The first kappa shape index (κ1) is 13.0. The average molecular weight is 223 g/mol. The van der Waals surface area contributed by atoms with Crippen LogP contribution in [0, 0.1) is 11.3 Å². The van der Waals surface area contributed by atoms with Gasteiger partial charge in [0.1, 0.15) is 0 Å². The van der Waals surface area contributed by atoms with Crippen LogP contribution in [0.15, 0.2) is 0 Å². The lowest BCUT2D eigenvalue weighted by molar-refractivity contribution is -0.128. The molecule has 0 aromatic rings. The van der Waals surface area contributed by atoms with Gasteiger partial charge in [0, 0.05) is 33.0 Å². The minimum Gasteiger partial charge on any atom is -0.342 e. The summed E-state index contributed by atoms with van der Waals surface area (Å²) >= 11 is 0. The molecule has 0 atom stereocenters. The third-order valence-electron chi connectivity index (χ3n) is 3.05. The molecule has 0 saturated carbocycles. The second-order valence-electron chi connectivity index (χ2n) is 4.32. The third kappa shape index (κ3) is 4.63. The van der Waals surface area contributed by atoms with Crippen LogP contribution in [0.2, 0.25) is 0 Å². The van der Waals surface area contributed by atoms with E-state index in [0.717, 1.165) is 52.0 Å². The van der Waals surface area contributed by atoms with Crippen LogP contribution in [0.3, 0.4) is 0 Å². The van der Waals surface area contributed by atoms with Crippen molar-refractivity contribution < 1.29 is 4.79 Å². The third-order valence-corrected chi connectivity index (χ3v) is 3.05. The number of hydrogen-bond acceptors (Lipinski definition) is 3. The molecule has 1 fully saturated rings. The van der Waals surface area contributed by atoms with Gasteiger partial charge in [0.25, 0.3) is 0 Å². The number of unbranched alkanes of at least 4 members (excludes halogenated alkanes) is 2. The number of carbonyl (C=O) groups excluding carboxylic acids is 1. The molecule has 16 heavy (non-hydrogen) atoms. The monoisotopic (exact) mass is 223 g/mol. The number of carbonyl (C=O) groups is 1. The molecule has 4 nitrogen and oxygen atoms in total. The van der Waals surface area contributed by atoms with E-state index >= 15 is 0 Å². The number of hydrogen-bond donors (Lipinski definition) is 0. The van der Waals surface area contributed by atoms with Gasteiger partial charge in [0.15, 0.2) is 0 Å². The van der Waals surface area contributed by atoms with Gasteiger partial charge in [0.05, 0.1) is 6.07 Å². The van der Waals surface area contributed by atoms with Crippen LogP contribution >= 0.6 is 0 Å². The van der Waals surface area contributed by atoms with E-state index in [1.807, 2.05) is 4.90 Å². The highest BCUT2D eigenvalue weighted by molar-refractivity contribution is 5.73. The van der Waals surface area contributed by atoms with Gasteiger partial charge in [-0.2, -0.15) is 5.26 Å². The predicted molar refractivity (Wildman–Crippen MR) is 62.8 cm³/mol. The Morgan fingerprint density at radius 3 is 2.75 bits per heavy atom. The SMILES string of the molecule is CC(=O)N1CCCN(CCCCC#N)CC1. The molecule has 4 heteroatoms. The van der Waals surface area contributed by atoms with Crippen molar-refractivity contribution in [1.29, 1.82) is 5.26 Å². The molecule has 1 aliphatic rings. The summed E-state index contributed by atoms with van der Waals surface area (Å²) in [5.74, 6) is 0.186. The number of nitriles is 1. The van der Waals surface area contributed by atoms with Crippen molar-refractivity contribution in [1.82, 2.24) is 9.80 Å². The zero-order chi connectivity index (χ0) is 11.8. The van der Waals surface area contributed by atoms with Gasteiger partial charge < -0.3 is 9.80 Å². The van der Waals surface area contributed by atoms with Crippen molar-refractivity contribution in [2.75, 3.05) is 32.7 Å². The molecule has 0 aromatic carbocycles. The summed E-state index contributed by atoms with van der Waals surface area (Å²) < 4.78 is 0. The number of nitrogens with zero attached hydrogens (tertiary/aromatic N) is 3. The Bertz CT molecular complexity index is 259. The Labute approximate surface area is 97.8 Å². The summed E-state index contributed by atoms with van der Waals surface area (Å²) in [6, 6.07) is 2.17. The van der Waals surface area contributed by atoms with Crippen LogP contribution in [-0.4, -0.2) is 48.4 Å². The topological polar surface area (TPSA) is 47.3 Å². The van der Waals surface area contributed by atoms with Gasteiger partial charge in [-0.1, -0.05) is 0 Å². The van der Waals surface area contributed by atoms with E-state index in [-0.39, 0.29) is 5.91 Å². The van der Waals surface area contributed by atoms with E-state index in [9.17, 15) is 4.79 Å². The molecule has 1 heterocycles. The molecule has 1 saturated heterocycles. The maximum atomic E-state index is 11.2. The molecule has 0 aromatic heterocycles. The normalized spacial score (nSPS) is 17.9. The van der Waals surface area contributed by atoms with Crippen LogP contribution in [0.5, 0.6) is 0 Å². The molecule has 0 spiro atoms. The van der Waals surface area contributed by atoms with Gasteiger partial charge in [-0.15, -0.1) is 0 Å². The van der Waals surface area contributed by atoms with Crippen molar-refractivity contribution >= 4 is 5.91 Å². The predicted octanol–water partition coefficient (Wildman–Crippen LogP) is 1.23. The van der Waals surface area contributed by atoms with E-state index in [1.54, 1.807) is 6.92 Å². The van der Waals surface area contributed by atoms with Crippen LogP contribution in [0.4, 0.5) is 0 Å². The average Bonchev–Trinajstić information content (AvgIpc) is 2.50. The molecule has 0 bridgehead atoms. The smallest absolute Gasteiger partial charge is 0.219 e. The van der Waals surface area contributed by atoms with Crippen molar-refractivity contribution in [3.8, 4) is 6.07 Å². The first-order valence-corrected chi connectivity index (χ1v) is 6.09. The summed E-state index contributed by atoms with van der Waals surface area (Å²) in [7, 11) is 0. The summed E-state index contributed by atoms with van der Waals surface area (Å²) in [5.41, 5.74) is 0. The highest BCUT2D eigenvalue weighted by Crippen LogP contribution is 2.05. The second-order valence-corrected chi connectivity index (χ2v) is 4.32. The Kier molecular flexibility index (Phi) is 5.87. The van der Waals surface area contributed by atoms with Crippen LogP contribution in [-0.2, 0) is 4.79 Å². The zero-order valence-corrected chi connectivity index (χ0v) is 10.1. The fraction of sp³-hybridized carbons (Fsp3) is 0.833. The summed E-state index contributed by atoms with van der Waals surface area (Å²) in [6.45, 7) is 6.51. The van der Waals surface area contributed by atoms with Gasteiger partial charge in [0.2, 0.25) is 5.91 Å². The van der Waals surface area contributed by atoms with Gasteiger partial charge in [-0.3, -0.25) is 4.79 Å². The zero-order valence-electron chi connectivity index (χ0n) is 10.1. The Balaban J connectivity index is 2.20. The number of amides is 1. The molecule has 90 valence electrons. The Hall–Kier alpha value is -1.08. The first-order valence-electron chi connectivity index (χ1n) is 6.09. The quantitative estimate of drug-likeness (QED) is 0.674. The standard InChI is InChI=1S/C12H21N3O/c1-12(16)15-9-5-8-14(10-11-15)7-4-2-3-6-13/h2-5,7-11H2,1H3. The van der Waals surface area contributed by atoms with Gasteiger partial charge in [-0.05, 0) is 32.4 Å². The lowest BCUT2D eigenvalue weighted by Gasteiger charge is -2.20. The van der Waals surface area contributed by atoms with Gasteiger partial charge in [-0.25, -0.2) is 0 Å². The lowest BCUT2D eigenvalue weighted by atomic mass is 10.2. The summed E-state index contributed by atoms with van der Waals surface area (Å²) in [4.78, 5) is 15.6. The number of rotatable bonds is 4. The molecule has 1 aliphatic heterocycles. The van der Waals surface area contributed by atoms with Crippen LogP contribution < -0.4 is 0 Å². The van der Waals surface area contributed by atoms with Gasteiger partial charge >= 0.3 is 0 Å². The fourth-order valence-corrected chi connectivity index (χ4v) is 2.05. The fourth-order valence-electron chi connectivity index (χ4n) is 2.05. The summed E-state index contributed by atoms with van der Waals surface area (Å²) in [6.07, 6.45) is 3.81. The minimum atomic E-state index is 0.186. The molecule has 0 N–H and O–H groups in total. The lowest BCUT2D eigenvalue weighted by Crippen LogP contribution is -2.33. The summed E-state index contributed by atoms with van der Waals surface area (Å²) in [5, 5.41) is 8.44. The van der Waals surface area contributed by atoms with Crippen molar-refractivity contribution in [3.63, 3.8) is 0 Å². The van der Waals surface area contributed by atoms with E-state index in [0.29, 0.717) is 6.42 Å². The molecule has 1 rings (SSSR count). The Morgan fingerprint density at radius 2 is 2.06 bits per heavy atom. The first-order chi connectivity index (χ1) is 7.74. The van der Waals surface area contributed by atoms with Crippen molar-refractivity contribution in [3.05, 3.63) is 0 Å². The highest BCUT2D eigenvalue weighted by Gasteiger charge is 2.15. The van der Waals surface area contributed by atoms with E-state index in [2.05, 4.69) is 11.0 Å². The maximum absolute atomic E-state index is 11.2. The maximum Gasteiger partial charge on any atom is 0.219 e. The van der Waals surface area contributed by atoms with E-state index in [1.165, 1.54) is 0 Å². The highest BCUT2D eigenvalue weighted by atomic mass is 16.2. The molecular weight excluding hydrogens is 202 g/mol. The second kappa shape index (κ2) is 7.24. The molecule has 0 unspecified atom stereocenters. The van der Waals surface area contributed by atoms with Crippen molar-refractivity contribution in [2.45, 2.75) is 32.6 Å². The van der Waals surface area contributed by atoms with Crippen molar-refractivity contribution in [2.24, 2.45) is 0 Å². The van der Waals surface area contributed by atoms with Crippen LogP contribution in [0.1, 0.15) is 32.6 Å². The van der Waals surface area contributed by atoms with E-state index in [4.69, 9.17) is 5.26 Å². The largest absolute Gasteiger partial charge is 0.342 e. The molecule has 1 amide bonds. The minimum absolute atomic E-state index is 0.186. The molecular formula is C12H21N3O. The Morgan fingerprint density at radius 1 is 1.25 bits per heavy atom. The van der Waals surface area contributed by atoms with E-state index < -0.39 is 0 Å². The molecule has 0 radical (unpaired) electrons. The molecule has 0 aliphatic carbocycles. The van der Waals surface area contributed by atoms with Crippen LogP contribution in [0.25, 0.3) is 0 Å².